The predicted molar refractivity (Wildman–Crippen MR) is 66.1 cm³/mol. The van der Waals surface area contributed by atoms with Gasteiger partial charge in [0.25, 0.3) is 5.89 Å². The first-order chi connectivity index (χ1) is 9.28. The van der Waals surface area contributed by atoms with Gasteiger partial charge < -0.3 is 19.1 Å². The molecule has 3 rings (SSSR count). The van der Waals surface area contributed by atoms with Gasteiger partial charge in [-0.25, -0.2) is 0 Å². The van der Waals surface area contributed by atoms with Crippen LogP contribution < -0.4 is 4.74 Å². The Morgan fingerprint density at radius 1 is 1.42 bits per heavy atom. The van der Waals surface area contributed by atoms with Gasteiger partial charge in [0.05, 0.1) is 13.7 Å². The van der Waals surface area contributed by atoms with Crippen molar-refractivity contribution in [2.45, 2.75) is 12.3 Å². The Labute approximate surface area is 110 Å². The van der Waals surface area contributed by atoms with Gasteiger partial charge in [0.1, 0.15) is 0 Å². The first-order valence-corrected chi connectivity index (χ1v) is 6.06. The van der Waals surface area contributed by atoms with Gasteiger partial charge in [0, 0.05) is 18.1 Å². The molecule has 1 atom stereocenters. The lowest BCUT2D eigenvalue weighted by atomic mass is 10.1. The number of benzene rings is 1. The molecule has 1 saturated heterocycles. The zero-order chi connectivity index (χ0) is 13.2. The third-order valence-electron chi connectivity index (χ3n) is 3.16. The molecule has 1 N–H and O–H groups in total. The Morgan fingerprint density at radius 3 is 3.05 bits per heavy atom. The summed E-state index contributed by atoms with van der Waals surface area (Å²) in [6, 6.07) is 4.91. The number of phenolic OH excluding ortho intramolecular Hbond substituents is 1. The third kappa shape index (κ3) is 2.26. The second kappa shape index (κ2) is 4.89. The highest BCUT2D eigenvalue weighted by molar-refractivity contribution is 5.59. The molecule has 2 aromatic rings. The molecule has 0 spiro atoms. The molecular formula is C13H14N2O4. The van der Waals surface area contributed by atoms with Gasteiger partial charge in [0.2, 0.25) is 0 Å². The maximum atomic E-state index is 9.55. The minimum absolute atomic E-state index is 0.0789. The molecule has 1 aliphatic rings. The summed E-state index contributed by atoms with van der Waals surface area (Å²) in [6.07, 6.45) is 0.915. The summed E-state index contributed by atoms with van der Waals surface area (Å²) in [5, 5.41) is 13.5. The molecule has 1 fully saturated rings. The van der Waals surface area contributed by atoms with Gasteiger partial charge in [0.15, 0.2) is 17.3 Å². The van der Waals surface area contributed by atoms with Crippen LogP contribution in [0, 0.1) is 0 Å². The number of hydrogen-bond acceptors (Lipinski definition) is 6. The predicted octanol–water partition coefficient (Wildman–Crippen LogP) is 1.95. The van der Waals surface area contributed by atoms with Gasteiger partial charge in [-0.1, -0.05) is 5.16 Å². The molecule has 0 aliphatic carbocycles. The molecule has 6 nitrogen and oxygen atoms in total. The normalized spacial score (nSPS) is 18.7. The van der Waals surface area contributed by atoms with Crippen LogP contribution in [0.5, 0.6) is 11.5 Å². The Kier molecular flexibility index (Phi) is 3.08. The van der Waals surface area contributed by atoms with E-state index in [1.807, 2.05) is 0 Å². The molecule has 19 heavy (non-hydrogen) atoms. The number of aromatic nitrogens is 2. The van der Waals surface area contributed by atoms with E-state index in [0.717, 1.165) is 13.0 Å². The molecule has 100 valence electrons. The van der Waals surface area contributed by atoms with E-state index < -0.39 is 0 Å². The fourth-order valence-electron chi connectivity index (χ4n) is 2.07. The van der Waals surface area contributed by atoms with Crippen LogP contribution in [0.3, 0.4) is 0 Å². The van der Waals surface area contributed by atoms with Crippen LogP contribution in [0.2, 0.25) is 0 Å². The Hall–Kier alpha value is -2.08. The second-order valence-corrected chi connectivity index (χ2v) is 4.40. The van der Waals surface area contributed by atoms with E-state index in [1.54, 1.807) is 12.1 Å². The molecule has 6 heteroatoms. The summed E-state index contributed by atoms with van der Waals surface area (Å²) in [5.41, 5.74) is 0.715. The van der Waals surface area contributed by atoms with Crippen molar-refractivity contribution < 1.29 is 19.1 Å². The molecule has 1 aromatic heterocycles. The highest BCUT2D eigenvalue weighted by Crippen LogP contribution is 2.31. The zero-order valence-corrected chi connectivity index (χ0v) is 10.5. The van der Waals surface area contributed by atoms with Gasteiger partial charge in [-0.3, -0.25) is 0 Å². The average Bonchev–Trinajstić information content (AvgIpc) is 3.10. The van der Waals surface area contributed by atoms with Crippen LogP contribution in [0.25, 0.3) is 11.5 Å². The van der Waals surface area contributed by atoms with Crippen molar-refractivity contribution in [3.05, 3.63) is 24.0 Å². The number of ether oxygens (including phenoxy) is 2. The Balaban J connectivity index is 1.89. The molecular weight excluding hydrogens is 248 g/mol. The maximum absolute atomic E-state index is 9.55. The van der Waals surface area contributed by atoms with Crippen molar-refractivity contribution in [1.82, 2.24) is 10.1 Å². The summed E-state index contributed by atoms with van der Waals surface area (Å²) in [6.45, 7) is 1.37. The van der Waals surface area contributed by atoms with Gasteiger partial charge >= 0.3 is 0 Å². The number of nitrogens with zero attached hydrogens (tertiary/aromatic N) is 2. The lowest BCUT2D eigenvalue weighted by Crippen LogP contribution is -1.99. The average molecular weight is 262 g/mol. The topological polar surface area (TPSA) is 77.6 Å². The van der Waals surface area contributed by atoms with Crippen LogP contribution in [-0.2, 0) is 4.74 Å². The summed E-state index contributed by atoms with van der Waals surface area (Å²) < 4.78 is 15.6. The Morgan fingerprint density at radius 2 is 2.32 bits per heavy atom. The summed E-state index contributed by atoms with van der Waals surface area (Å²) in [5.74, 6) is 1.74. The zero-order valence-electron chi connectivity index (χ0n) is 10.5. The van der Waals surface area contributed by atoms with Crippen molar-refractivity contribution in [3.63, 3.8) is 0 Å². The van der Waals surface area contributed by atoms with E-state index >= 15 is 0 Å². The molecule has 0 amide bonds. The maximum Gasteiger partial charge on any atom is 0.258 e. The van der Waals surface area contributed by atoms with Crippen LogP contribution in [0.15, 0.2) is 22.7 Å². The lowest BCUT2D eigenvalue weighted by Gasteiger charge is -2.03. The fraction of sp³-hybridized carbons (Fsp3) is 0.385. The third-order valence-corrected chi connectivity index (χ3v) is 3.16. The van der Waals surface area contributed by atoms with E-state index in [0.29, 0.717) is 29.6 Å². The van der Waals surface area contributed by atoms with Crippen LogP contribution in [0.1, 0.15) is 18.2 Å². The highest BCUT2D eigenvalue weighted by Gasteiger charge is 2.23. The fourth-order valence-corrected chi connectivity index (χ4v) is 2.07. The quantitative estimate of drug-likeness (QED) is 0.911. The summed E-state index contributed by atoms with van der Waals surface area (Å²) in [7, 11) is 1.49. The monoisotopic (exact) mass is 262 g/mol. The number of aromatic hydroxyl groups is 1. The smallest absolute Gasteiger partial charge is 0.258 e. The molecule has 0 unspecified atom stereocenters. The lowest BCUT2D eigenvalue weighted by molar-refractivity contribution is 0.192. The molecule has 2 heterocycles. The molecule has 1 aromatic carbocycles. The van der Waals surface area contributed by atoms with Crippen molar-refractivity contribution in [2.24, 2.45) is 0 Å². The van der Waals surface area contributed by atoms with Crippen LogP contribution in [0.4, 0.5) is 0 Å². The molecule has 0 saturated carbocycles. The first-order valence-electron chi connectivity index (χ1n) is 6.06. The van der Waals surface area contributed by atoms with Gasteiger partial charge in [-0.15, -0.1) is 0 Å². The number of hydrogen-bond donors (Lipinski definition) is 1. The second-order valence-electron chi connectivity index (χ2n) is 4.40. The number of rotatable bonds is 3. The van der Waals surface area contributed by atoms with E-state index in [2.05, 4.69) is 10.1 Å². The number of phenols is 1. The van der Waals surface area contributed by atoms with Gasteiger partial charge in [-0.05, 0) is 24.6 Å². The Bertz CT molecular complexity index is 576. The molecule has 0 bridgehead atoms. The SMILES string of the molecule is COc1cc(-c2nc([C@@H]3CCOC3)no2)ccc1O. The van der Waals surface area contributed by atoms with Crippen LogP contribution >= 0.6 is 0 Å². The summed E-state index contributed by atoms with van der Waals surface area (Å²) >= 11 is 0. The van der Waals surface area contributed by atoms with Gasteiger partial charge in [-0.2, -0.15) is 4.98 Å². The van der Waals surface area contributed by atoms with E-state index in [1.165, 1.54) is 13.2 Å². The summed E-state index contributed by atoms with van der Waals surface area (Å²) in [4.78, 5) is 4.37. The molecule has 0 radical (unpaired) electrons. The van der Waals surface area contributed by atoms with E-state index in [-0.39, 0.29) is 11.7 Å². The van der Waals surface area contributed by atoms with Crippen molar-refractivity contribution in [3.8, 4) is 23.0 Å². The molecule has 1 aliphatic heterocycles. The van der Waals surface area contributed by atoms with Crippen molar-refractivity contribution in [1.29, 1.82) is 0 Å². The minimum Gasteiger partial charge on any atom is -0.504 e. The largest absolute Gasteiger partial charge is 0.504 e. The van der Waals surface area contributed by atoms with Crippen LogP contribution in [-0.4, -0.2) is 35.6 Å². The highest BCUT2D eigenvalue weighted by atomic mass is 16.5. The van der Waals surface area contributed by atoms with Crippen molar-refractivity contribution >= 4 is 0 Å². The number of methoxy groups -OCH3 is 1. The van der Waals surface area contributed by atoms with E-state index in [4.69, 9.17) is 14.0 Å². The first kappa shape index (κ1) is 12.0. The standard InChI is InChI=1S/C13H14N2O4/c1-17-11-6-8(2-3-10(11)16)13-14-12(15-19-13)9-4-5-18-7-9/h2-3,6,9,16H,4-5,7H2,1H3/t9-/m1/s1. The van der Waals surface area contributed by atoms with Crippen molar-refractivity contribution in [2.75, 3.05) is 20.3 Å². The van der Waals surface area contributed by atoms with E-state index in [9.17, 15) is 5.11 Å². The minimum atomic E-state index is 0.0789.